The highest BCUT2D eigenvalue weighted by molar-refractivity contribution is 6.35. The normalized spacial score (nSPS) is 10.6. The molecule has 26 heavy (non-hydrogen) atoms. The third-order valence-electron chi connectivity index (χ3n) is 3.33. The Balaban J connectivity index is 1.52. The van der Waals surface area contributed by atoms with Crippen molar-refractivity contribution >= 4 is 29.2 Å². The second-order valence-corrected chi connectivity index (χ2v) is 6.24. The average molecular weight is 393 g/mol. The maximum Gasteiger partial charge on any atom is 0.344 e. The van der Waals surface area contributed by atoms with Gasteiger partial charge in [-0.25, -0.2) is 4.79 Å². The third kappa shape index (κ3) is 4.74. The van der Waals surface area contributed by atoms with Crippen LogP contribution in [0, 0.1) is 6.92 Å². The van der Waals surface area contributed by atoms with E-state index in [1.807, 2.05) is 31.2 Å². The molecule has 0 aliphatic heterocycles. The lowest BCUT2D eigenvalue weighted by Crippen LogP contribution is -2.15. The number of benzene rings is 2. The molecule has 8 heteroatoms. The summed E-state index contributed by atoms with van der Waals surface area (Å²) in [7, 11) is 0. The molecule has 6 nitrogen and oxygen atoms in total. The number of aromatic nitrogens is 2. The van der Waals surface area contributed by atoms with Crippen LogP contribution in [0.2, 0.25) is 10.0 Å². The number of aryl methyl sites for hydroxylation is 1. The molecule has 0 spiro atoms. The standard InChI is InChI=1S/C18H14Cl2N2O4/c1-11-3-2-4-12(7-11)18-22-21-16(26-18)9-25-17(23)10-24-15-6-5-13(19)8-14(15)20/h2-8H,9-10H2,1H3. The SMILES string of the molecule is Cc1cccc(-c2nnc(COC(=O)COc3ccc(Cl)cc3Cl)o2)c1. The van der Waals surface area contributed by atoms with E-state index >= 15 is 0 Å². The number of rotatable bonds is 6. The first-order valence-electron chi connectivity index (χ1n) is 7.64. The molecule has 0 radical (unpaired) electrons. The zero-order chi connectivity index (χ0) is 18.5. The summed E-state index contributed by atoms with van der Waals surface area (Å²) < 4.78 is 15.8. The summed E-state index contributed by atoms with van der Waals surface area (Å²) in [5.41, 5.74) is 1.88. The number of hydrogen-bond acceptors (Lipinski definition) is 6. The van der Waals surface area contributed by atoms with Gasteiger partial charge >= 0.3 is 5.97 Å². The van der Waals surface area contributed by atoms with Crippen molar-refractivity contribution in [1.29, 1.82) is 0 Å². The first kappa shape index (κ1) is 18.2. The van der Waals surface area contributed by atoms with E-state index in [-0.39, 0.29) is 19.1 Å². The van der Waals surface area contributed by atoms with E-state index in [4.69, 9.17) is 37.1 Å². The van der Waals surface area contributed by atoms with Crippen molar-refractivity contribution in [1.82, 2.24) is 10.2 Å². The molecule has 3 aromatic rings. The van der Waals surface area contributed by atoms with Crippen LogP contribution in [0.1, 0.15) is 11.5 Å². The molecule has 0 unspecified atom stereocenters. The Morgan fingerprint density at radius 1 is 1.15 bits per heavy atom. The Morgan fingerprint density at radius 2 is 2.00 bits per heavy atom. The smallest absolute Gasteiger partial charge is 0.344 e. The minimum atomic E-state index is -0.591. The van der Waals surface area contributed by atoms with E-state index in [0.29, 0.717) is 21.7 Å². The zero-order valence-electron chi connectivity index (χ0n) is 13.7. The molecule has 0 saturated heterocycles. The molecule has 0 fully saturated rings. The van der Waals surface area contributed by atoms with Crippen LogP contribution in [-0.2, 0) is 16.1 Å². The fourth-order valence-electron chi connectivity index (χ4n) is 2.12. The van der Waals surface area contributed by atoms with Crippen molar-refractivity contribution in [3.8, 4) is 17.2 Å². The Kier molecular flexibility index (Phi) is 5.75. The summed E-state index contributed by atoms with van der Waals surface area (Å²) in [6.45, 7) is 1.52. The van der Waals surface area contributed by atoms with Crippen LogP contribution >= 0.6 is 23.2 Å². The summed E-state index contributed by atoms with van der Waals surface area (Å²) in [4.78, 5) is 11.8. The summed E-state index contributed by atoms with van der Waals surface area (Å²) in [6.07, 6.45) is 0. The first-order valence-corrected chi connectivity index (χ1v) is 8.40. The Bertz CT molecular complexity index is 927. The predicted molar refractivity (Wildman–Crippen MR) is 96.2 cm³/mol. The lowest BCUT2D eigenvalue weighted by atomic mass is 10.1. The predicted octanol–water partition coefficient (Wildman–Crippen LogP) is 4.47. The molecule has 0 saturated carbocycles. The largest absolute Gasteiger partial charge is 0.480 e. The van der Waals surface area contributed by atoms with Crippen molar-refractivity contribution in [2.45, 2.75) is 13.5 Å². The molecule has 0 atom stereocenters. The molecular weight excluding hydrogens is 379 g/mol. The topological polar surface area (TPSA) is 74.5 Å². The van der Waals surface area contributed by atoms with Crippen molar-refractivity contribution in [2.24, 2.45) is 0 Å². The van der Waals surface area contributed by atoms with E-state index in [9.17, 15) is 4.79 Å². The summed E-state index contributed by atoms with van der Waals surface area (Å²) >= 11 is 11.8. The molecule has 0 aliphatic carbocycles. The maximum atomic E-state index is 11.8. The van der Waals surface area contributed by atoms with Crippen molar-refractivity contribution < 1.29 is 18.7 Å². The Morgan fingerprint density at radius 3 is 2.77 bits per heavy atom. The number of halogens is 2. The van der Waals surface area contributed by atoms with E-state index in [1.54, 1.807) is 12.1 Å². The van der Waals surface area contributed by atoms with Crippen LogP contribution in [0.15, 0.2) is 46.9 Å². The number of esters is 1. The monoisotopic (exact) mass is 392 g/mol. The van der Waals surface area contributed by atoms with E-state index < -0.39 is 5.97 Å². The lowest BCUT2D eigenvalue weighted by molar-refractivity contribution is -0.148. The third-order valence-corrected chi connectivity index (χ3v) is 3.86. The van der Waals surface area contributed by atoms with Gasteiger partial charge in [0.1, 0.15) is 5.75 Å². The molecule has 0 N–H and O–H groups in total. The van der Waals surface area contributed by atoms with Crippen LogP contribution in [0.3, 0.4) is 0 Å². The number of carbonyl (C=O) groups excluding carboxylic acids is 1. The molecule has 0 amide bonds. The van der Waals surface area contributed by atoms with Crippen LogP contribution in [0.5, 0.6) is 5.75 Å². The van der Waals surface area contributed by atoms with Gasteiger partial charge in [0, 0.05) is 10.6 Å². The van der Waals surface area contributed by atoms with Crippen LogP contribution in [0.4, 0.5) is 0 Å². The molecule has 2 aromatic carbocycles. The number of nitrogens with zero attached hydrogens (tertiary/aromatic N) is 2. The van der Waals surface area contributed by atoms with Gasteiger partial charge in [0.2, 0.25) is 5.89 Å². The van der Waals surface area contributed by atoms with Gasteiger partial charge in [-0.05, 0) is 37.3 Å². The van der Waals surface area contributed by atoms with Gasteiger partial charge in [-0.1, -0.05) is 40.9 Å². The second-order valence-electron chi connectivity index (χ2n) is 5.39. The molecule has 0 aliphatic rings. The fourth-order valence-corrected chi connectivity index (χ4v) is 2.58. The van der Waals surface area contributed by atoms with Crippen LogP contribution in [-0.4, -0.2) is 22.8 Å². The van der Waals surface area contributed by atoms with Crippen molar-refractivity contribution in [3.05, 3.63) is 64.0 Å². The quantitative estimate of drug-likeness (QED) is 0.575. The fraction of sp³-hybridized carbons (Fsp3) is 0.167. The molecule has 3 rings (SSSR count). The van der Waals surface area contributed by atoms with E-state index in [0.717, 1.165) is 11.1 Å². The van der Waals surface area contributed by atoms with Gasteiger partial charge in [-0.15, -0.1) is 10.2 Å². The maximum absolute atomic E-state index is 11.8. The van der Waals surface area contributed by atoms with Gasteiger partial charge in [0.15, 0.2) is 13.2 Å². The second kappa shape index (κ2) is 8.21. The van der Waals surface area contributed by atoms with Crippen molar-refractivity contribution in [3.63, 3.8) is 0 Å². The van der Waals surface area contributed by atoms with Gasteiger partial charge in [-0.3, -0.25) is 0 Å². The van der Waals surface area contributed by atoms with Gasteiger partial charge in [-0.2, -0.15) is 0 Å². The summed E-state index contributed by atoms with van der Waals surface area (Å²) in [5.74, 6) is 0.308. The zero-order valence-corrected chi connectivity index (χ0v) is 15.3. The molecular formula is C18H14Cl2N2O4. The molecule has 0 bridgehead atoms. The number of carbonyl (C=O) groups is 1. The number of ether oxygens (including phenoxy) is 2. The summed E-state index contributed by atoms with van der Waals surface area (Å²) in [5, 5.41) is 8.60. The van der Waals surface area contributed by atoms with Gasteiger partial charge in [0.05, 0.1) is 5.02 Å². The molecule has 134 valence electrons. The first-order chi connectivity index (χ1) is 12.5. The molecule has 1 aromatic heterocycles. The average Bonchev–Trinajstić information content (AvgIpc) is 3.08. The minimum Gasteiger partial charge on any atom is -0.480 e. The van der Waals surface area contributed by atoms with Crippen molar-refractivity contribution in [2.75, 3.05) is 6.61 Å². The van der Waals surface area contributed by atoms with Crippen LogP contribution < -0.4 is 4.74 Å². The Labute approximate surface area is 159 Å². The van der Waals surface area contributed by atoms with E-state index in [2.05, 4.69) is 10.2 Å². The minimum absolute atomic E-state index is 0.143. The summed E-state index contributed by atoms with van der Waals surface area (Å²) in [6, 6.07) is 12.4. The van der Waals surface area contributed by atoms with Crippen LogP contribution in [0.25, 0.3) is 11.5 Å². The Hall–Kier alpha value is -2.57. The van der Waals surface area contributed by atoms with Gasteiger partial charge in [0.25, 0.3) is 5.89 Å². The van der Waals surface area contributed by atoms with Gasteiger partial charge < -0.3 is 13.9 Å². The highest BCUT2D eigenvalue weighted by Gasteiger charge is 2.12. The molecule has 1 heterocycles. The number of hydrogen-bond donors (Lipinski definition) is 0. The lowest BCUT2D eigenvalue weighted by Gasteiger charge is -2.07. The van der Waals surface area contributed by atoms with E-state index in [1.165, 1.54) is 6.07 Å². The highest BCUT2D eigenvalue weighted by atomic mass is 35.5. The highest BCUT2D eigenvalue weighted by Crippen LogP contribution is 2.27.